The van der Waals surface area contributed by atoms with Crippen LogP contribution in [0.1, 0.15) is 5.82 Å². The third-order valence-corrected chi connectivity index (χ3v) is 4.57. The van der Waals surface area contributed by atoms with Gasteiger partial charge in [-0.25, -0.2) is 4.98 Å². The van der Waals surface area contributed by atoms with Crippen LogP contribution in [0.25, 0.3) is 16.6 Å². The fourth-order valence-corrected chi connectivity index (χ4v) is 2.98. The molecule has 0 atom stereocenters. The second kappa shape index (κ2) is 5.59. The summed E-state index contributed by atoms with van der Waals surface area (Å²) in [4.78, 5) is 17.2. The summed E-state index contributed by atoms with van der Waals surface area (Å²) in [7, 11) is 0. The molecule has 0 saturated carbocycles. The number of hydrogen-bond acceptors (Lipinski definition) is 2. The standard InChI is InChI=1S/C15H9Cl2IN2O/c1-8-19-14-5-2-9(18)6-11(14)15(21)20(8)10-3-4-12(16)13(17)7-10/h2-7H,1H3. The molecule has 0 bridgehead atoms. The molecule has 0 aliphatic heterocycles. The number of nitrogens with zero attached hydrogens (tertiary/aromatic N) is 2. The highest BCUT2D eigenvalue weighted by Gasteiger charge is 2.11. The monoisotopic (exact) mass is 430 g/mol. The van der Waals surface area contributed by atoms with Gasteiger partial charge in [-0.15, -0.1) is 0 Å². The van der Waals surface area contributed by atoms with Crippen molar-refractivity contribution in [3.8, 4) is 5.69 Å². The maximum absolute atomic E-state index is 12.7. The summed E-state index contributed by atoms with van der Waals surface area (Å²) in [6, 6.07) is 10.7. The first-order valence-corrected chi connectivity index (χ1v) is 7.95. The summed E-state index contributed by atoms with van der Waals surface area (Å²) < 4.78 is 2.53. The zero-order valence-electron chi connectivity index (χ0n) is 10.9. The van der Waals surface area contributed by atoms with Crippen molar-refractivity contribution >= 4 is 56.7 Å². The van der Waals surface area contributed by atoms with Crippen LogP contribution in [-0.4, -0.2) is 9.55 Å². The minimum atomic E-state index is -0.116. The van der Waals surface area contributed by atoms with E-state index in [1.807, 2.05) is 18.2 Å². The molecule has 0 radical (unpaired) electrons. The van der Waals surface area contributed by atoms with E-state index in [4.69, 9.17) is 23.2 Å². The van der Waals surface area contributed by atoms with Gasteiger partial charge in [0.25, 0.3) is 5.56 Å². The second-order valence-electron chi connectivity index (χ2n) is 4.56. The number of benzene rings is 2. The molecule has 0 spiro atoms. The van der Waals surface area contributed by atoms with Crippen molar-refractivity contribution in [3.05, 3.63) is 66.2 Å². The Hall–Kier alpha value is -1.11. The molecule has 3 aromatic rings. The zero-order valence-corrected chi connectivity index (χ0v) is 14.6. The number of rotatable bonds is 1. The van der Waals surface area contributed by atoms with Crippen LogP contribution in [0.3, 0.4) is 0 Å². The Kier molecular flexibility index (Phi) is 3.94. The zero-order chi connectivity index (χ0) is 15.1. The molecule has 0 aliphatic carbocycles. The van der Waals surface area contributed by atoms with Crippen molar-refractivity contribution in [2.45, 2.75) is 6.92 Å². The Labute approximate surface area is 144 Å². The molecule has 3 rings (SSSR count). The largest absolute Gasteiger partial charge is 0.268 e. The topological polar surface area (TPSA) is 34.9 Å². The smallest absolute Gasteiger partial charge is 0.265 e. The highest BCUT2D eigenvalue weighted by molar-refractivity contribution is 14.1. The first-order valence-electron chi connectivity index (χ1n) is 6.12. The van der Waals surface area contributed by atoms with Gasteiger partial charge in [-0.2, -0.15) is 0 Å². The van der Waals surface area contributed by atoms with Crippen LogP contribution in [0.5, 0.6) is 0 Å². The molecule has 0 aliphatic rings. The molecule has 1 heterocycles. The van der Waals surface area contributed by atoms with E-state index in [1.54, 1.807) is 29.7 Å². The second-order valence-corrected chi connectivity index (χ2v) is 6.62. The summed E-state index contributed by atoms with van der Waals surface area (Å²) in [6.45, 7) is 1.79. The van der Waals surface area contributed by atoms with Crippen LogP contribution in [0, 0.1) is 10.5 Å². The number of halogens is 3. The average molecular weight is 431 g/mol. The van der Waals surface area contributed by atoms with E-state index < -0.39 is 0 Å². The van der Waals surface area contributed by atoms with Gasteiger partial charge in [-0.3, -0.25) is 9.36 Å². The minimum Gasteiger partial charge on any atom is -0.268 e. The lowest BCUT2D eigenvalue weighted by Crippen LogP contribution is -2.22. The summed E-state index contributed by atoms with van der Waals surface area (Å²) in [5.74, 6) is 0.604. The molecule has 21 heavy (non-hydrogen) atoms. The summed E-state index contributed by atoms with van der Waals surface area (Å²) in [5.41, 5.74) is 1.23. The van der Waals surface area contributed by atoms with Gasteiger partial charge < -0.3 is 0 Å². The van der Waals surface area contributed by atoms with Crippen LogP contribution in [-0.2, 0) is 0 Å². The molecule has 1 aromatic heterocycles. The first kappa shape index (κ1) is 14.8. The highest BCUT2D eigenvalue weighted by Crippen LogP contribution is 2.24. The minimum absolute atomic E-state index is 0.116. The quantitative estimate of drug-likeness (QED) is 0.528. The van der Waals surface area contributed by atoms with Crippen LogP contribution in [0.4, 0.5) is 0 Å². The number of aromatic nitrogens is 2. The maximum atomic E-state index is 12.7. The Morgan fingerprint density at radius 1 is 1.10 bits per heavy atom. The number of aryl methyl sites for hydroxylation is 1. The van der Waals surface area contributed by atoms with Crippen molar-refractivity contribution in [2.75, 3.05) is 0 Å². The van der Waals surface area contributed by atoms with Gasteiger partial charge in [-0.05, 0) is 65.9 Å². The van der Waals surface area contributed by atoms with Gasteiger partial charge >= 0.3 is 0 Å². The fourth-order valence-electron chi connectivity index (χ4n) is 2.20. The van der Waals surface area contributed by atoms with Crippen molar-refractivity contribution in [3.63, 3.8) is 0 Å². The molecule has 3 nitrogen and oxygen atoms in total. The van der Waals surface area contributed by atoms with Crippen molar-refractivity contribution < 1.29 is 0 Å². The van der Waals surface area contributed by atoms with Gasteiger partial charge in [0.2, 0.25) is 0 Å². The molecule has 0 saturated heterocycles. The highest BCUT2D eigenvalue weighted by atomic mass is 127. The molecule has 0 amide bonds. The van der Waals surface area contributed by atoms with Crippen LogP contribution in [0.15, 0.2) is 41.2 Å². The Morgan fingerprint density at radius 3 is 2.57 bits per heavy atom. The molecular weight excluding hydrogens is 422 g/mol. The lowest BCUT2D eigenvalue weighted by atomic mass is 10.2. The summed E-state index contributed by atoms with van der Waals surface area (Å²) >= 11 is 14.1. The van der Waals surface area contributed by atoms with E-state index in [-0.39, 0.29) is 5.56 Å². The van der Waals surface area contributed by atoms with Crippen LogP contribution in [0.2, 0.25) is 10.0 Å². The SMILES string of the molecule is Cc1nc2ccc(I)cc2c(=O)n1-c1ccc(Cl)c(Cl)c1. The van der Waals surface area contributed by atoms with Crippen LogP contribution < -0.4 is 5.56 Å². The molecule has 0 N–H and O–H groups in total. The Balaban J connectivity index is 2.36. The van der Waals surface area contributed by atoms with Gasteiger partial charge in [0.05, 0.1) is 26.6 Å². The van der Waals surface area contributed by atoms with Gasteiger partial charge in [-0.1, -0.05) is 23.2 Å². The normalized spacial score (nSPS) is 11.0. The van der Waals surface area contributed by atoms with Crippen molar-refractivity contribution in [2.24, 2.45) is 0 Å². The van der Waals surface area contributed by atoms with E-state index >= 15 is 0 Å². The lowest BCUT2D eigenvalue weighted by Gasteiger charge is -2.11. The summed E-state index contributed by atoms with van der Waals surface area (Å²) in [6.07, 6.45) is 0. The molecule has 0 unspecified atom stereocenters. The third-order valence-electron chi connectivity index (χ3n) is 3.16. The van der Waals surface area contributed by atoms with Crippen molar-refractivity contribution in [1.29, 1.82) is 0 Å². The van der Waals surface area contributed by atoms with E-state index in [9.17, 15) is 4.79 Å². The van der Waals surface area contributed by atoms with E-state index in [1.165, 1.54) is 0 Å². The molecular formula is C15H9Cl2IN2O. The molecule has 6 heteroatoms. The van der Waals surface area contributed by atoms with E-state index in [2.05, 4.69) is 27.6 Å². The fraction of sp³-hybridized carbons (Fsp3) is 0.0667. The van der Waals surface area contributed by atoms with E-state index in [0.717, 1.165) is 3.57 Å². The van der Waals surface area contributed by atoms with E-state index in [0.29, 0.717) is 32.5 Å². The van der Waals surface area contributed by atoms with Crippen LogP contribution >= 0.6 is 45.8 Å². The molecule has 106 valence electrons. The van der Waals surface area contributed by atoms with Crippen molar-refractivity contribution in [1.82, 2.24) is 9.55 Å². The predicted molar refractivity (Wildman–Crippen MR) is 94.8 cm³/mol. The molecule has 2 aromatic carbocycles. The van der Waals surface area contributed by atoms with Gasteiger partial charge in [0.15, 0.2) is 0 Å². The molecule has 0 fully saturated rings. The number of hydrogen-bond donors (Lipinski definition) is 0. The summed E-state index contributed by atoms with van der Waals surface area (Å²) in [5, 5.41) is 1.44. The van der Waals surface area contributed by atoms with Gasteiger partial charge in [0.1, 0.15) is 5.82 Å². The predicted octanol–water partition coefficient (Wildman–Crippen LogP) is 4.61. The Bertz CT molecular complexity index is 921. The maximum Gasteiger partial charge on any atom is 0.265 e. The average Bonchev–Trinajstić information content (AvgIpc) is 2.44. The first-order chi connectivity index (χ1) is 9.97. The lowest BCUT2D eigenvalue weighted by molar-refractivity contribution is 0.895. The number of fused-ring (bicyclic) bond motifs is 1. The third kappa shape index (κ3) is 2.67. The Morgan fingerprint density at radius 2 is 1.86 bits per heavy atom. The van der Waals surface area contributed by atoms with Gasteiger partial charge in [0, 0.05) is 3.57 Å².